The molecule has 1 unspecified atom stereocenters. The highest BCUT2D eigenvalue weighted by atomic mass is 16.5. The molecule has 2 heterocycles. The number of likely N-dealkylation sites (tertiary alicyclic amines) is 1. The summed E-state index contributed by atoms with van der Waals surface area (Å²) in [7, 11) is 0. The van der Waals surface area contributed by atoms with Crippen molar-refractivity contribution in [3.63, 3.8) is 0 Å². The molecule has 19 heavy (non-hydrogen) atoms. The topological polar surface area (TPSA) is 44.7 Å². The Labute approximate surface area is 117 Å². The summed E-state index contributed by atoms with van der Waals surface area (Å²) in [5.74, 6) is 0.531. The minimum absolute atomic E-state index is 0.306. The number of nitrogens with one attached hydrogen (secondary N) is 1. The lowest BCUT2D eigenvalue weighted by Gasteiger charge is -2.43. The fraction of sp³-hybridized carbons (Fsp3) is 1.00. The number of hydrogen-bond donors (Lipinski definition) is 2. The first-order valence-electron chi connectivity index (χ1n) is 7.90. The second-order valence-electron chi connectivity index (χ2n) is 6.34. The van der Waals surface area contributed by atoms with Crippen molar-refractivity contribution in [1.29, 1.82) is 0 Å². The Morgan fingerprint density at radius 3 is 2.74 bits per heavy atom. The highest BCUT2D eigenvalue weighted by Crippen LogP contribution is 2.30. The van der Waals surface area contributed by atoms with Crippen molar-refractivity contribution in [2.24, 2.45) is 11.3 Å². The Hall–Kier alpha value is -0.160. The molecule has 1 atom stereocenters. The van der Waals surface area contributed by atoms with Crippen molar-refractivity contribution >= 4 is 0 Å². The van der Waals surface area contributed by atoms with Crippen molar-refractivity contribution < 1.29 is 9.84 Å². The molecule has 4 heteroatoms. The molecule has 0 saturated carbocycles. The molecule has 0 aromatic carbocycles. The van der Waals surface area contributed by atoms with E-state index in [2.05, 4.69) is 17.1 Å². The van der Waals surface area contributed by atoms with Gasteiger partial charge >= 0.3 is 0 Å². The number of aliphatic hydroxyl groups is 1. The van der Waals surface area contributed by atoms with Gasteiger partial charge in [0.2, 0.25) is 0 Å². The minimum Gasteiger partial charge on any atom is -0.396 e. The Bertz CT molecular complexity index is 247. The Morgan fingerprint density at radius 2 is 2.16 bits per heavy atom. The van der Waals surface area contributed by atoms with Crippen LogP contribution >= 0.6 is 0 Å². The van der Waals surface area contributed by atoms with Crippen LogP contribution in [0.15, 0.2) is 0 Å². The standard InChI is InChI=1S/C15H30N2O2/c1-2-16-11-15(6-3-9-19-13-15)12-17-7-4-14(10-18)5-8-17/h14,16,18H,2-13H2,1H3. The summed E-state index contributed by atoms with van der Waals surface area (Å²) in [6.45, 7) is 9.90. The third kappa shape index (κ3) is 4.42. The summed E-state index contributed by atoms with van der Waals surface area (Å²) >= 11 is 0. The lowest BCUT2D eigenvalue weighted by atomic mass is 9.81. The fourth-order valence-corrected chi connectivity index (χ4v) is 3.42. The monoisotopic (exact) mass is 270 g/mol. The van der Waals surface area contributed by atoms with Crippen LogP contribution in [-0.4, -0.2) is 62.6 Å². The highest BCUT2D eigenvalue weighted by molar-refractivity contribution is 4.88. The number of nitrogens with zero attached hydrogens (tertiary/aromatic N) is 1. The normalized spacial score (nSPS) is 30.6. The summed E-state index contributed by atoms with van der Waals surface area (Å²) in [4.78, 5) is 2.58. The van der Waals surface area contributed by atoms with Gasteiger partial charge in [0.05, 0.1) is 6.61 Å². The number of ether oxygens (including phenoxy) is 1. The molecule has 2 fully saturated rings. The molecule has 4 nitrogen and oxygen atoms in total. The summed E-state index contributed by atoms with van der Waals surface area (Å²) in [5, 5.41) is 12.7. The van der Waals surface area contributed by atoms with E-state index in [4.69, 9.17) is 4.74 Å². The van der Waals surface area contributed by atoms with E-state index in [0.717, 1.165) is 58.8 Å². The van der Waals surface area contributed by atoms with E-state index >= 15 is 0 Å². The van der Waals surface area contributed by atoms with Crippen LogP contribution in [0, 0.1) is 11.3 Å². The molecule has 0 bridgehead atoms. The molecule has 0 aromatic heterocycles. The average molecular weight is 270 g/mol. The van der Waals surface area contributed by atoms with Gasteiger partial charge in [0.1, 0.15) is 0 Å². The van der Waals surface area contributed by atoms with Crippen LogP contribution in [0.5, 0.6) is 0 Å². The van der Waals surface area contributed by atoms with Crippen molar-refractivity contribution in [2.45, 2.75) is 32.6 Å². The molecule has 0 amide bonds. The smallest absolute Gasteiger partial charge is 0.0546 e. The third-order valence-corrected chi connectivity index (χ3v) is 4.68. The predicted molar refractivity (Wildman–Crippen MR) is 77.3 cm³/mol. The first-order valence-corrected chi connectivity index (χ1v) is 7.90. The molecule has 0 spiro atoms. The maximum Gasteiger partial charge on any atom is 0.0546 e. The first kappa shape index (κ1) is 15.2. The maximum atomic E-state index is 9.22. The molecule has 2 rings (SSSR count). The van der Waals surface area contributed by atoms with E-state index in [0.29, 0.717) is 17.9 Å². The Morgan fingerprint density at radius 1 is 1.37 bits per heavy atom. The third-order valence-electron chi connectivity index (χ3n) is 4.68. The van der Waals surface area contributed by atoms with E-state index in [-0.39, 0.29) is 0 Å². The number of hydrogen-bond acceptors (Lipinski definition) is 4. The van der Waals surface area contributed by atoms with Gasteiger partial charge < -0.3 is 20.1 Å². The number of aliphatic hydroxyl groups excluding tert-OH is 1. The van der Waals surface area contributed by atoms with Gasteiger partial charge in [-0.25, -0.2) is 0 Å². The molecule has 2 aliphatic rings. The number of rotatable bonds is 6. The lowest BCUT2D eigenvalue weighted by Crippen LogP contribution is -2.50. The van der Waals surface area contributed by atoms with Gasteiger partial charge in [-0.1, -0.05) is 6.92 Å². The fourth-order valence-electron chi connectivity index (χ4n) is 3.42. The molecule has 0 radical (unpaired) electrons. The molecule has 0 aromatic rings. The second kappa shape index (κ2) is 7.58. The maximum absolute atomic E-state index is 9.22. The molecular formula is C15H30N2O2. The van der Waals surface area contributed by atoms with E-state index in [1.807, 2.05) is 0 Å². The zero-order valence-electron chi connectivity index (χ0n) is 12.4. The van der Waals surface area contributed by atoms with Gasteiger partial charge in [-0.05, 0) is 51.2 Å². The van der Waals surface area contributed by atoms with Crippen molar-refractivity contribution in [3.05, 3.63) is 0 Å². The van der Waals surface area contributed by atoms with Gasteiger partial charge in [-0.15, -0.1) is 0 Å². The van der Waals surface area contributed by atoms with Crippen molar-refractivity contribution in [3.8, 4) is 0 Å². The summed E-state index contributed by atoms with van der Waals surface area (Å²) in [5.41, 5.74) is 0.306. The summed E-state index contributed by atoms with van der Waals surface area (Å²) in [6, 6.07) is 0. The van der Waals surface area contributed by atoms with Crippen molar-refractivity contribution in [2.75, 3.05) is 52.5 Å². The summed E-state index contributed by atoms with van der Waals surface area (Å²) in [6.07, 6.45) is 4.77. The van der Waals surface area contributed by atoms with E-state index in [9.17, 15) is 5.11 Å². The molecule has 2 saturated heterocycles. The van der Waals surface area contributed by atoms with Gasteiger partial charge in [0.25, 0.3) is 0 Å². The zero-order valence-corrected chi connectivity index (χ0v) is 12.4. The molecular weight excluding hydrogens is 240 g/mol. The summed E-state index contributed by atoms with van der Waals surface area (Å²) < 4.78 is 5.76. The second-order valence-corrected chi connectivity index (χ2v) is 6.34. The SMILES string of the molecule is CCNCC1(CN2CCC(CO)CC2)CCCOC1. The van der Waals surface area contributed by atoms with Crippen LogP contribution in [0.3, 0.4) is 0 Å². The molecule has 112 valence electrons. The van der Waals surface area contributed by atoms with Gasteiger partial charge in [-0.2, -0.15) is 0 Å². The van der Waals surface area contributed by atoms with Crippen LogP contribution in [-0.2, 0) is 4.74 Å². The van der Waals surface area contributed by atoms with Crippen LogP contribution in [0.1, 0.15) is 32.6 Å². The molecule has 2 aliphatic heterocycles. The average Bonchev–Trinajstić information content (AvgIpc) is 2.47. The van der Waals surface area contributed by atoms with Crippen LogP contribution in [0.2, 0.25) is 0 Å². The van der Waals surface area contributed by atoms with Crippen LogP contribution in [0.4, 0.5) is 0 Å². The van der Waals surface area contributed by atoms with Gasteiger partial charge in [0, 0.05) is 31.7 Å². The van der Waals surface area contributed by atoms with E-state index in [1.165, 1.54) is 12.8 Å². The minimum atomic E-state index is 0.306. The lowest BCUT2D eigenvalue weighted by molar-refractivity contribution is -0.0317. The van der Waals surface area contributed by atoms with Crippen LogP contribution < -0.4 is 5.32 Å². The first-order chi connectivity index (χ1) is 9.28. The molecule has 0 aliphatic carbocycles. The quantitative estimate of drug-likeness (QED) is 0.758. The molecule has 2 N–H and O–H groups in total. The zero-order chi connectivity index (χ0) is 13.6. The van der Waals surface area contributed by atoms with Gasteiger partial charge in [0.15, 0.2) is 0 Å². The van der Waals surface area contributed by atoms with E-state index in [1.54, 1.807) is 0 Å². The highest BCUT2D eigenvalue weighted by Gasteiger charge is 2.35. The van der Waals surface area contributed by atoms with Crippen molar-refractivity contribution in [1.82, 2.24) is 10.2 Å². The Kier molecular flexibility index (Phi) is 6.07. The van der Waals surface area contributed by atoms with Crippen LogP contribution in [0.25, 0.3) is 0 Å². The predicted octanol–water partition coefficient (Wildman–Crippen LogP) is 1.10. The number of piperidine rings is 1. The Balaban J connectivity index is 1.85. The largest absolute Gasteiger partial charge is 0.396 e. The van der Waals surface area contributed by atoms with E-state index < -0.39 is 0 Å². The van der Waals surface area contributed by atoms with Gasteiger partial charge in [-0.3, -0.25) is 0 Å².